The molecule has 1 fully saturated rings. The normalized spacial score (nSPS) is 20.3. The summed E-state index contributed by atoms with van der Waals surface area (Å²) in [6, 6.07) is 3.02. The van der Waals surface area contributed by atoms with E-state index in [-0.39, 0.29) is 46.8 Å². The van der Waals surface area contributed by atoms with E-state index in [1.165, 1.54) is 23.7 Å². The van der Waals surface area contributed by atoms with E-state index < -0.39 is 35.9 Å². The zero-order valence-electron chi connectivity index (χ0n) is 27.7. The fourth-order valence-electron chi connectivity index (χ4n) is 6.89. The van der Waals surface area contributed by atoms with Gasteiger partial charge in [0.05, 0.1) is 44.5 Å². The second-order valence-electron chi connectivity index (χ2n) is 14.4. The van der Waals surface area contributed by atoms with Crippen molar-refractivity contribution in [3.8, 4) is 5.69 Å². The van der Waals surface area contributed by atoms with Crippen LogP contribution in [0.25, 0.3) is 5.69 Å². The Hall–Kier alpha value is -3.60. The lowest BCUT2D eigenvalue weighted by Gasteiger charge is -2.33. The van der Waals surface area contributed by atoms with Crippen molar-refractivity contribution in [2.75, 3.05) is 27.7 Å². The van der Waals surface area contributed by atoms with Gasteiger partial charge in [0, 0.05) is 30.4 Å². The van der Waals surface area contributed by atoms with Crippen molar-refractivity contribution in [3.05, 3.63) is 46.0 Å². The monoisotopic (exact) mass is 627 g/mol. The molecule has 1 aromatic heterocycles. The van der Waals surface area contributed by atoms with Gasteiger partial charge in [-0.1, -0.05) is 27.2 Å². The number of carbonyl (C=O) groups is 4. The summed E-state index contributed by atoms with van der Waals surface area (Å²) in [5.41, 5.74) is 7.66. The number of hydrogen-bond acceptors (Lipinski definition) is 7. The number of nitrogens with zero attached hydrogens (tertiary/aromatic N) is 3. The van der Waals surface area contributed by atoms with Crippen LogP contribution < -0.4 is 5.73 Å². The number of nitrogens with two attached hydrogens (primary N) is 1. The number of rotatable bonds is 11. The molecule has 1 amide bonds. The Balaban J connectivity index is 1.65. The van der Waals surface area contributed by atoms with E-state index in [1.807, 2.05) is 41.9 Å². The average molecular weight is 628 g/mol. The van der Waals surface area contributed by atoms with Gasteiger partial charge >= 0.3 is 11.9 Å². The highest BCUT2D eigenvalue weighted by Crippen LogP contribution is 2.39. The summed E-state index contributed by atoms with van der Waals surface area (Å²) in [5.74, 6) is -2.58. The van der Waals surface area contributed by atoms with Crippen molar-refractivity contribution >= 4 is 23.6 Å². The number of hydrogen-bond donors (Lipinski definition) is 1. The minimum atomic E-state index is -0.752. The molecular weight excluding hydrogens is 579 g/mol. The van der Waals surface area contributed by atoms with Gasteiger partial charge < -0.3 is 19.7 Å². The molecule has 2 aliphatic carbocycles. The third kappa shape index (κ3) is 8.17. The zero-order chi connectivity index (χ0) is 33.3. The van der Waals surface area contributed by atoms with Gasteiger partial charge in [0.2, 0.25) is 5.91 Å². The number of fused-ring (bicyclic) bond motifs is 1. The first kappa shape index (κ1) is 34.3. The molecule has 3 unspecified atom stereocenters. The third-order valence-corrected chi connectivity index (χ3v) is 8.74. The number of amides is 1. The van der Waals surface area contributed by atoms with Gasteiger partial charge in [-0.25, -0.2) is 9.07 Å². The number of ketones is 1. The molecule has 0 aliphatic heterocycles. The number of Topliss-reactive ketones (excluding diaryl/α,β-unsaturated/α-hetero) is 1. The topological polar surface area (TPSA) is 131 Å². The van der Waals surface area contributed by atoms with Crippen molar-refractivity contribution < 1.29 is 37.5 Å². The Kier molecular flexibility index (Phi) is 10.2. The van der Waals surface area contributed by atoms with Gasteiger partial charge in [-0.05, 0) is 56.1 Å². The second-order valence-corrected chi connectivity index (χ2v) is 14.4. The van der Waals surface area contributed by atoms with Crippen LogP contribution in [0.2, 0.25) is 0 Å². The van der Waals surface area contributed by atoms with Crippen LogP contribution in [0.5, 0.6) is 0 Å². The van der Waals surface area contributed by atoms with E-state index in [2.05, 4.69) is 5.10 Å². The standard InChI is InChI=1S/C34H47FN4O6/c1-8-25-31-27(17-34(3,4)18-28(31)41)38(37-25)26-14-13-23(33(36)43)24(32(26)35)15-21-11-9-10-12-29(21)45-30(42)16-22(44-20(2)40)19-39(5,6)7/h13-14,21-22,29H,8-12,15-19H2,1-7H3,(H-,36,43)/p+1. The largest absolute Gasteiger partial charge is 0.462 e. The lowest BCUT2D eigenvalue weighted by atomic mass is 9.75. The summed E-state index contributed by atoms with van der Waals surface area (Å²) >= 11 is 0. The van der Waals surface area contributed by atoms with Gasteiger partial charge in [0.1, 0.15) is 18.3 Å². The van der Waals surface area contributed by atoms with E-state index in [0.717, 1.165) is 12.8 Å². The summed E-state index contributed by atoms with van der Waals surface area (Å²) in [6.45, 7) is 7.68. The molecular formula is C34H48FN4O6+. The van der Waals surface area contributed by atoms with Crippen molar-refractivity contribution in [1.82, 2.24) is 9.78 Å². The summed E-state index contributed by atoms with van der Waals surface area (Å²) in [6.07, 6.45) is 3.36. The zero-order valence-corrected chi connectivity index (χ0v) is 27.7. The van der Waals surface area contributed by atoms with Gasteiger partial charge in [-0.3, -0.25) is 19.2 Å². The maximum absolute atomic E-state index is 16.6. The van der Waals surface area contributed by atoms with Crippen LogP contribution in [-0.4, -0.2) is 77.8 Å². The van der Waals surface area contributed by atoms with Gasteiger partial charge in [-0.2, -0.15) is 5.10 Å². The van der Waals surface area contributed by atoms with Crippen LogP contribution in [0.4, 0.5) is 4.39 Å². The van der Waals surface area contributed by atoms with Crippen molar-refractivity contribution in [1.29, 1.82) is 0 Å². The number of aryl methyl sites for hydroxylation is 1. The van der Waals surface area contributed by atoms with Gasteiger partial charge in [-0.15, -0.1) is 0 Å². The highest BCUT2D eigenvalue weighted by molar-refractivity contribution is 6.00. The maximum Gasteiger partial charge on any atom is 0.310 e. The number of esters is 2. The van der Waals surface area contributed by atoms with Crippen molar-refractivity contribution in [2.45, 2.75) is 97.7 Å². The smallest absolute Gasteiger partial charge is 0.310 e. The molecule has 0 saturated heterocycles. The summed E-state index contributed by atoms with van der Waals surface area (Å²) in [4.78, 5) is 50.4. The Morgan fingerprint density at radius 2 is 1.84 bits per heavy atom. The first-order valence-electron chi connectivity index (χ1n) is 15.9. The number of benzene rings is 1. The van der Waals surface area contributed by atoms with Crippen LogP contribution in [0.1, 0.15) is 104 Å². The Labute approximate surface area is 265 Å². The molecule has 0 bridgehead atoms. The van der Waals surface area contributed by atoms with Crippen LogP contribution in [0, 0.1) is 17.2 Å². The van der Waals surface area contributed by atoms with Crippen molar-refractivity contribution in [2.24, 2.45) is 17.1 Å². The highest BCUT2D eigenvalue weighted by atomic mass is 19.1. The molecule has 1 aromatic carbocycles. The van der Waals surface area contributed by atoms with E-state index in [1.54, 1.807) is 0 Å². The SMILES string of the molecule is CCc1nn(-c2ccc(C(N)=O)c(CC3CCCCC3OC(=O)CC(C[N+](C)(C)C)OC(C)=O)c2F)c2c1C(=O)CC(C)(C)C2. The van der Waals surface area contributed by atoms with Crippen LogP contribution in [-0.2, 0) is 38.3 Å². The Bertz CT molecular complexity index is 1470. The average Bonchev–Trinajstić information content (AvgIpc) is 3.26. The number of primary amides is 1. The molecule has 11 heteroatoms. The summed E-state index contributed by atoms with van der Waals surface area (Å²) in [7, 11) is 5.83. The maximum atomic E-state index is 16.6. The van der Waals surface area contributed by atoms with E-state index >= 15 is 4.39 Å². The van der Waals surface area contributed by atoms with Gasteiger partial charge in [0.25, 0.3) is 0 Å². The van der Waals surface area contributed by atoms with Crippen LogP contribution in [0.15, 0.2) is 12.1 Å². The fraction of sp³-hybridized carbons (Fsp3) is 0.618. The van der Waals surface area contributed by atoms with Gasteiger partial charge in [0.15, 0.2) is 17.7 Å². The summed E-state index contributed by atoms with van der Waals surface area (Å²) in [5, 5.41) is 4.68. The van der Waals surface area contributed by atoms with Crippen LogP contribution in [0.3, 0.4) is 0 Å². The molecule has 2 N–H and O–H groups in total. The first-order valence-corrected chi connectivity index (χ1v) is 15.9. The minimum Gasteiger partial charge on any atom is -0.462 e. The second kappa shape index (κ2) is 13.4. The lowest BCUT2D eigenvalue weighted by molar-refractivity contribution is -0.873. The molecule has 1 heterocycles. The lowest BCUT2D eigenvalue weighted by Crippen LogP contribution is -2.44. The molecule has 246 valence electrons. The first-order chi connectivity index (χ1) is 21.0. The summed E-state index contributed by atoms with van der Waals surface area (Å²) < 4.78 is 30.0. The molecule has 2 aromatic rings. The molecule has 4 rings (SSSR count). The minimum absolute atomic E-state index is 0.00277. The van der Waals surface area contributed by atoms with Crippen molar-refractivity contribution in [3.63, 3.8) is 0 Å². The van der Waals surface area contributed by atoms with Crippen LogP contribution >= 0.6 is 0 Å². The third-order valence-electron chi connectivity index (χ3n) is 8.74. The fourth-order valence-corrected chi connectivity index (χ4v) is 6.89. The molecule has 0 spiro atoms. The number of likely N-dealkylation sites (N-methyl/N-ethyl adjacent to an activating group) is 1. The predicted octanol–water partition coefficient (Wildman–Crippen LogP) is 4.50. The molecule has 45 heavy (non-hydrogen) atoms. The number of halogens is 1. The molecule has 2 aliphatic rings. The van der Waals surface area contributed by atoms with E-state index in [0.29, 0.717) is 60.1 Å². The van der Waals surface area contributed by atoms with E-state index in [4.69, 9.17) is 15.2 Å². The highest BCUT2D eigenvalue weighted by Gasteiger charge is 2.38. The molecule has 0 radical (unpaired) electrons. The number of ether oxygens (including phenoxy) is 2. The predicted molar refractivity (Wildman–Crippen MR) is 166 cm³/mol. The molecule has 10 nitrogen and oxygen atoms in total. The quantitative estimate of drug-likeness (QED) is 0.287. The molecule has 3 atom stereocenters. The number of aromatic nitrogens is 2. The number of quaternary nitrogens is 1. The Morgan fingerprint density at radius 1 is 1.16 bits per heavy atom. The Morgan fingerprint density at radius 3 is 2.47 bits per heavy atom. The van der Waals surface area contributed by atoms with E-state index in [9.17, 15) is 19.2 Å². The molecule has 1 saturated carbocycles. The number of carbonyl (C=O) groups excluding carboxylic acids is 4.